The first-order valence-corrected chi connectivity index (χ1v) is 8.03. The standard InChI is InChI=1S/C17H15ClN2S/c1-11-8-12(14-4-2-3-5-17(14)20-11)10-21-13-6-7-16(19)15(18)9-13/h2-9H,10,19H2,1H3. The maximum atomic E-state index is 6.07. The van der Waals surface area contributed by atoms with Crippen molar-refractivity contribution in [3.8, 4) is 0 Å². The van der Waals surface area contributed by atoms with Crippen LogP contribution in [0.2, 0.25) is 5.02 Å². The quantitative estimate of drug-likeness (QED) is 0.542. The average molecular weight is 315 g/mol. The summed E-state index contributed by atoms with van der Waals surface area (Å²) in [4.78, 5) is 5.69. The van der Waals surface area contributed by atoms with Gasteiger partial charge in [-0.1, -0.05) is 29.8 Å². The third kappa shape index (κ3) is 3.14. The van der Waals surface area contributed by atoms with Crippen LogP contribution < -0.4 is 5.73 Å². The van der Waals surface area contributed by atoms with E-state index in [0.717, 1.165) is 21.9 Å². The molecule has 0 aliphatic carbocycles. The Morgan fingerprint density at radius 3 is 2.76 bits per heavy atom. The van der Waals surface area contributed by atoms with Crippen LogP contribution in [-0.4, -0.2) is 4.98 Å². The smallest absolute Gasteiger partial charge is 0.0708 e. The molecule has 0 saturated carbocycles. The highest BCUT2D eigenvalue weighted by Crippen LogP contribution is 2.30. The van der Waals surface area contributed by atoms with Crippen LogP contribution in [0.4, 0.5) is 5.69 Å². The molecule has 2 nitrogen and oxygen atoms in total. The van der Waals surface area contributed by atoms with E-state index in [1.165, 1.54) is 10.9 Å². The van der Waals surface area contributed by atoms with Gasteiger partial charge in [-0.3, -0.25) is 4.98 Å². The van der Waals surface area contributed by atoms with Gasteiger partial charge in [0.15, 0.2) is 0 Å². The SMILES string of the molecule is Cc1cc(CSc2ccc(N)c(Cl)c2)c2ccccc2n1. The number of rotatable bonds is 3. The fourth-order valence-electron chi connectivity index (χ4n) is 2.27. The molecule has 2 N–H and O–H groups in total. The molecule has 3 rings (SSSR count). The average Bonchev–Trinajstić information content (AvgIpc) is 2.48. The van der Waals surface area contributed by atoms with Gasteiger partial charge >= 0.3 is 0 Å². The number of benzene rings is 2. The van der Waals surface area contributed by atoms with Crippen LogP contribution in [-0.2, 0) is 5.75 Å². The number of nitrogen functional groups attached to an aromatic ring is 1. The van der Waals surface area contributed by atoms with Crippen molar-refractivity contribution < 1.29 is 0 Å². The highest BCUT2D eigenvalue weighted by Gasteiger charge is 2.05. The summed E-state index contributed by atoms with van der Waals surface area (Å²) in [6.07, 6.45) is 0. The molecule has 0 aliphatic heterocycles. The summed E-state index contributed by atoms with van der Waals surface area (Å²) in [7, 11) is 0. The Kier molecular flexibility index (Phi) is 4.04. The summed E-state index contributed by atoms with van der Waals surface area (Å²) in [6.45, 7) is 2.03. The molecule has 0 amide bonds. The van der Waals surface area contributed by atoms with Crippen LogP contribution in [0.1, 0.15) is 11.3 Å². The maximum absolute atomic E-state index is 6.07. The number of para-hydroxylation sites is 1. The second kappa shape index (κ2) is 5.96. The first-order valence-electron chi connectivity index (χ1n) is 6.66. The van der Waals surface area contributed by atoms with E-state index in [0.29, 0.717) is 10.7 Å². The molecule has 3 aromatic rings. The van der Waals surface area contributed by atoms with E-state index < -0.39 is 0 Å². The number of hydrogen-bond donors (Lipinski definition) is 1. The van der Waals surface area contributed by atoms with E-state index in [9.17, 15) is 0 Å². The summed E-state index contributed by atoms with van der Waals surface area (Å²) in [5.74, 6) is 0.879. The molecule has 0 radical (unpaired) electrons. The van der Waals surface area contributed by atoms with Crippen LogP contribution in [0.15, 0.2) is 53.4 Å². The van der Waals surface area contributed by atoms with Gasteiger partial charge in [-0.25, -0.2) is 0 Å². The third-order valence-corrected chi connectivity index (χ3v) is 4.67. The number of pyridine rings is 1. The van der Waals surface area contributed by atoms with E-state index >= 15 is 0 Å². The number of hydrogen-bond acceptors (Lipinski definition) is 3. The highest BCUT2D eigenvalue weighted by atomic mass is 35.5. The number of fused-ring (bicyclic) bond motifs is 1. The maximum Gasteiger partial charge on any atom is 0.0708 e. The number of thioether (sulfide) groups is 1. The van der Waals surface area contributed by atoms with Crippen molar-refractivity contribution in [1.82, 2.24) is 4.98 Å². The second-order valence-corrected chi connectivity index (χ2v) is 6.37. The molecule has 1 aromatic heterocycles. The molecule has 2 aromatic carbocycles. The molecule has 4 heteroatoms. The van der Waals surface area contributed by atoms with Crippen molar-refractivity contribution in [2.45, 2.75) is 17.6 Å². The molecular formula is C17H15ClN2S. The summed E-state index contributed by atoms with van der Waals surface area (Å²) >= 11 is 7.82. The van der Waals surface area contributed by atoms with Crippen LogP contribution in [0.3, 0.4) is 0 Å². The number of anilines is 1. The molecule has 0 atom stereocenters. The van der Waals surface area contributed by atoms with Crippen LogP contribution in [0.5, 0.6) is 0 Å². The molecule has 1 heterocycles. The van der Waals surface area contributed by atoms with Gasteiger partial charge in [-0.15, -0.1) is 11.8 Å². The third-order valence-electron chi connectivity index (χ3n) is 3.30. The highest BCUT2D eigenvalue weighted by molar-refractivity contribution is 7.98. The zero-order valence-electron chi connectivity index (χ0n) is 11.6. The summed E-state index contributed by atoms with van der Waals surface area (Å²) in [5.41, 5.74) is 9.73. The minimum Gasteiger partial charge on any atom is -0.398 e. The van der Waals surface area contributed by atoms with E-state index in [-0.39, 0.29) is 0 Å². The van der Waals surface area contributed by atoms with Crippen LogP contribution in [0, 0.1) is 6.92 Å². The molecule has 106 valence electrons. The van der Waals surface area contributed by atoms with E-state index in [2.05, 4.69) is 23.2 Å². The molecule has 0 bridgehead atoms. The van der Waals surface area contributed by atoms with Crippen molar-refractivity contribution in [3.63, 3.8) is 0 Å². The summed E-state index contributed by atoms with van der Waals surface area (Å²) in [5, 5.41) is 1.81. The van der Waals surface area contributed by atoms with Gasteiger partial charge in [0.1, 0.15) is 0 Å². The van der Waals surface area contributed by atoms with Gasteiger partial charge in [0.05, 0.1) is 16.2 Å². The largest absolute Gasteiger partial charge is 0.398 e. The molecule has 0 fully saturated rings. The molecule has 0 spiro atoms. The summed E-state index contributed by atoms with van der Waals surface area (Å²) in [6, 6.07) is 16.2. The molecule has 0 saturated heterocycles. The van der Waals surface area contributed by atoms with E-state index in [4.69, 9.17) is 17.3 Å². The fourth-order valence-corrected chi connectivity index (χ4v) is 3.44. The van der Waals surface area contributed by atoms with Gasteiger partial charge in [0.2, 0.25) is 0 Å². The van der Waals surface area contributed by atoms with Crippen LogP contribution >= 0.6 is 23.4 Å². The number of aryl methyl sites for hydroxylation is 1. The lowest BCUT2D eigenvalue weighted by atomic mass is 10.1. The Hall–Kier alpha value is -1.71. The van der Waals surface area contributed by atoms with E-state index in [1.807, 2.05) is 37.3 Å². The lowest BCUT2D eigenvalue weighted by Crippen LogP contribution is -1.91. The lowest BCUT2D eigenvalue weighted by molar-refractivity contribution is 1.23. The van der Waals surface area contributed by atoms with Gasteiger partial charge in [0.25, 0.3) is 0 Å². The molecular weight excluding hydrogens is 300 g/mol. The predicted octanol–water partition coefficient (Wildman–Crippen LogP) is 5.07. The van der Waals surface area contributed by atoms with Gasteiger partial charge in [0, 0.05) is 21.7 Å². The van der Waals surface area contributed by atoms with Crippen molar-refractivity contribution >= 4 is 40.0 Å². The van der Waals surface area contributed by atoms with Gasteiger partial charge < -0.3 is 5.73 Å². The molecule has 0 unspecified atom stereocenters. The molecule has 0 aliphatic rings. The Bertz CT molecular complexity index is 802. The zero-order valence-corrected chi connectivity index (χ0v) is 13.2. The Morgan fingerprint density at radius 1 is 1.14 bits per heavy atom. The summed E-state index contributed by atoms with van der Waals surface area (Å²) < 4.78 is 0. The van der Waals surface area contributed by atoms with E-state index in [1.54, 1.807) is 11.8 Å². The Balaban J connectivity index is 1.89. The van der Waals surface area contributed by atoms with Crippen LogP contribution in [0.25, 0.3) is 10.9 Å². The van der Waals surface area contributed by atoms with Crippen molar-refractivity contribution in [2.75, 3.05) is 5.73 Å². The van der Waals surface area contributed by atoms with Crippen molar-refractivity contribution in [1.29, 1.82) is 0 Å². The zero-order chi connectivity index (χ0) is 14.8. The van der Waals surface area contributed by atoms with Crippen molar-refractivity contribution in [3.05, 3.63) is 64.8 Å². The number of aromatic nitrogens is 1. The molecule has 21 heavy (non-hydrogen) atoms. The monoisotopic (exact) mass is 314 g/mol. The predicted molar refractivity (Wildman–Crippen MR) is 91.9 cm³/mol. The topological polar surface area (TPSA) is 38.9 Å². The van der Waals surface area contributed by atoms with Crippen molar-refractivity contribution in [2.24, 2.45) is 0 Å². The normalized spacial score (nSPS) is 11.0. The first-order chi connectivity index (χ1) is 10.1. The first kappa shape index (κ1) is 14.2. The second-order valence-electron chi connectivity index (χ2n) is 4.91. The minimum atomic E-state index is 0.607. The number of halogens is 1. The minimum absolute atomic E-state index is 0.607. The Labute approximate surface area is 133 Å². The lowest BCUT2D eigenvalue weighted by Gasteiger charge is -2.08. The Morgan fingerprint density at radius 2 is 1.95 bits per heavy atom. The van der Waals surface area contributed by atoms with Gasteiger partial charge in [-0.2, -0.15) is 0 Å². The van der Waals surface area contributed by atoms with Gasteiger partial charge in [-0.05, 0) is 42.8 Å². The number of nitrogens with two attached hydrogens (primary N) is 1. The fraction of sp³-hybridized carbons (Fsp3) is 0.118. The number of nitrogens with zero attached hydrogens (tertiary/aromatic N) is 1.